The number of hydrogen-bond donors (Lipinski definition) is 1. The van der Waals surface area contributed by atoms with Crippen LogP contribution in [0.5, 0.6) is 5.75 Å². The molecule has 1 aromatic carbocycles. The molecule has 0 bridgehead atoms. The first-order valence-electron chi connectivity index (χ1n) is 9.23. The van der Waals surface area contributed by atoms with E-state index in [4.69, 9.17) is 0 Å². The number of carbonyl (C=O) groups excluding carboxylic acids is 2. The maximum absolute atomic E-state index is 12.8. The molecule has 1 unspecified atom stereocenters. The molecule has 1 aromatic heterocycles. The van der Waals surface area contributed by atoms with E-state index >= 15 is 0 Å². The number of amides is 2. The molecule has 1 aliphatic heterocycles. The second-order valence-corrected chi connectivity index (χ2v) is 8.73. The van der Waals surface area contributed by atoms with E-state index < -0.39 is 12.7 Å². The van der Waals surface area contributed by atoms with Gasteiger partial charge in [0.1, 0.15) is 11.8 Å². The molecule has 2 heterocycles. The number of rotatable bonds is 6. The molecular formula is C20H23F2N3O3S. The first kappa shape index (κ1) is 21.2. The molecule has 0 radical (unpaired) electrons. The Morgan fingerprint density at radius 2 is 2.03 bits per heavy atom. The molecule has 1 aliphatic rings. The van der Waals surface area contributed by atoms with Gasteiger partial charge in [0.05, 0.1) is 5.69 Å². The van der Waals surface area contributed by atoms with Crippen LogP contribution in [0.3, 0.4) is 0 Å². The van der Waals surface area contributed by atoms with Crippen molar-refractivity contribution in [3.05, 3.63) is 40.9 Å². The van der Waals surface area contributed by atoms with E-state index in [1.165, 1.54) is 28.4 Å². The predicted molar refractivity (Wildman–Crippen MR) is 106 cm³/mol. The third kappa shape index (κ3) is 5.29. The highest BCUT2D eigenvalue weighted by molar-refractivity contribution is 7.14. The van der Waals surface area contributed by atoms with Crippen molar-refractivity contribution in [2.45, 2.75) is 58.2 Å². The molecular weight excluding hydrogens is 400 g/mol. The van der Waals surface area contributed by atoms with Gasteiger partial charge < -0.3 is 15.0 Å². The van der Waals surface area contributed by atoms with E-state index in [0.29, 0.717) is 11.6 Å². The van der Waals surface area contributed by atoms with E-state index in [0.717, 1.165) is 11.3 Å². The Balaban J connectivity index is 1.66. The van der Waals surface area contributed by atoms with E-state index in [1.807, 2.05) is 26.2 Å². The fraction of sp³-hybridized carbons (Fsp3) is 0.450. The Morgan fingerprint density at radius 1 is 1.34 bits per heavy atom. The molecule has 0 aliphatic carbocycles. The van der Waals surface area contributed by atoms with Gasteiger partial charge in [-0.3, -0.25) is 9.59 Å². The van der Waals surface area contributed by atoms with Crippen LogP contribution in [0.4, 0.5) is 13.9 Å². The first-order valence-corrected chi connectivity index (χ1v) is 10.1. The van der Waals surface area contributed by atoms with Crippen molar-refractivity contribution >= 4 is 28.3 Å². The summed E-state index contributed by atoms with van der Waals surface area (Å²) >= 11 is 1.35. The molecule has 29 heavy (non-hydrogen) atoms. The third-order valence-electron chi connectivity index (χ3n) is 4.64. The van der Waals surface area contributed by atoms with Crippen LogP contribution in [0.25, 0.3) is 0 Å². The van der Waals surface area contributed by atoms with Crippen LogP contribution < -0.4 is 10.1 Å². The monoisotopic (exact) mass is 423 g/mol. The molecule has 0 saturated carbocycles. The largest absolute Gasteiger partial charge is 0.435 e. The van der Waals surface area contributed by atoms with Gasteiger partial charge in [-0.05, 0) is 24.1 Å². The summed E-state index contributed by atoms with van der Waals surface area (Å²) in [4.78, 5) is 31.0. The number of alkyl halides is 2. The average Bonchev–Trinajstić information content (AvgIpc) is 3.23. The summed E-state index contributed by atoms with van der Waals surface area (Å²) in [6.45, 7) is 3.46. The van der Waals surface area contributed by atoms with Crippen molar-refractivity contribution in [1.29, 1.82) is 0 Å². The Labute approximate surface area is 171 Å². The number of likely N-dealkylation sites (tertiary alicyclic amines) is 1. The lowest BCUT2D eigenvalue weighted by Gasteiger charge is -2.24. The fourth-order valence-corrected chi connectivity index (χ4v) is 3.98. The number of ether oxygens (including phenoxy) is 1. The molecule has 1 saturated heterocycles. The van der Waals surface area contributed by atoms with Crippen LogP contribution in [0.1, 0.15) is 44.9 Å². The summed E-state index contributed by atoms with van der Waals surface area (Å²) in [5.74, 6) is -0.347. The predicted octanol–water partition coefficient (Wildman–Crippen LogP) is 4.17. The Bertz CT molecular complexity index is 878. The van der Waals surface area contributed by atoms with Gasteiger partial charge in [0.15, 0.2) is 5.13 Å². The van der Waals surface area contributed by atoms with Crippen LogP contribution in [0.15, 0.2) is 29.6 Å². The lowest BCUT2D eigenvalue weighted by Crippen LogP contribution is -2.41. The van der Waals surface area contributed by atoms with Crippen molar-refractivity contribution in [3.63, 3.8) is 0 Å². The SMILES string of the molecule is CC(C)(C)c1csc(NC(=O)C2CCC(=O)N2Cc2ccc(OC(F)F)cc2)n1. The molecule has 0 spiro atoms. The molecule has 1 atom stereocenters. The topological polar surface area (TPSA) is 71.5 Å². The molecule has 9 heteroatoms. The number of hydrogen-bond acceptors (Lipinski definition) is 5. The van der Waals surface area contributed by atoms with E-state index in [1.54, 1.807) is 12.1 Å². The van der Waals surface area contributed by atoms with Crippen LogP contribution in [-0.2, 0) is 21.5 Å². The minimum absolute atomic E-state index is 0.0456. The summed E-state index contributed by atoms with van der Waals surface area (Å²) in [6.07, 6.45) is 0.713. The van der Waals surface area contributed by atoms with Gasteiger partial charge in [0.2, 0.25) is 11.8 Å². The molecule has 156 valence electrons. The van der Waals surface area contributed by atoms with Crippen molar-refractivity contribution in [2.75, 3.05) is 5.32 Å². The zero-order valence-corrected chi connectivity index (χ0v) is 17.3. The Hall–Kier alpha value is -2.55. The van der Waals surface area contributed by atoms with Gasteiger partial charge in [-0.15, -0.1) is 11.3 Å². The maximum atomic E-state index is 12.8. The maximum Gasteiger partial charge on any atom is 0.387 e. The highest BCUT2D eigenvalue weighted by Gasteiger charge is 2.36. The molecule has 3 rings (SSSR count). The number of nitrogens with one attached hydrogen (secondary N) is 1. The van der Waals surface area contributed by atoms with E-state index in [-0.39, 0.29) is 35.9 Å². The highest BCUT2D eigenvalue weighted by Crippen LogP contribution is 2.28. The zero-order valence-electron chi connectivity index (χ0n) is 16.4. The van der Waals surface area contributed by atoms with Crippen LogP contribution in [0.2, 0.25) is 0 Å². The molecule has 2 aromatic rings. The minimum Gasteiger partial charge on any atom is -0.435 e. The first-order chi connectivity index (χ1) is 13.6. The summed E-state index contributed by atoms with van der Waals surface area (Å²) in [7, 11) is 0. The summed E-state index contributed by atoms with van der Waals surface area (Å²) in [5, 5.41) is 5.23. The second kappa shape index (κ2) is 8.44. The second-order valence-electron chi connectivity index (χ2n) is 7.88. The number of nitrogens with zero attached hydrogens (tertiary/aromatic N) is 2. The van der Waals surface area contributed by atoms with Gasteiger partial charge >= 0.3 is 6.61 Å². The number of halogens is 2. The van der Waals surface area contributed by atoms with E-state index in [2.05, 4.69) is 15.0 Å². The lowest BCUT2D eigenvalue weighted by atomic mass is 9.93. The average molecular weight is 423 g/mol. The third-order valence-corrected chi connectivity index (χ3v) is 5.39. The number of thiazole rings is 1. The quantitative estimate of drug-likeness (QED) is 0.757. The molecule has 1 N–H and O–H groups in total. The van der Waals surface area contributed by atoms with Crippen molar-refractivity contribution in [2.24, 2.45) is 0 Å². The lowest BCUT2D eigenvalue weighted by molar-refractivity contribution is -0.133. The van der Waals surface area contributed by atoms with Gasteiger partial charge in [0, 0.05) is 23.8 Å². The van der Waals surface area contributed by atoms with Gasteiger partial charge in [-0.2, -0.15) is 8.78 Å². The summed E-state index contributed by atoms with van der Waals surface area (Å²) in [5.41, 5.74) is 1.50. The number of aromatic nitrogens is 1. The van der Waals surface area contributed by atoms with Gasteiger partial charge in [-0.25, -0.2) is 4.98 Å². The van der Waals surface area contributed by atoms with Gasteiger partial charge in [0.25, 0.3) is 0 Å². The standard InChI is InChI=1S/C20H23F2N3O3S/c1-20(2,3)15-11-29-19(23-15)24-17(27)14-8-9-16(26)25(14)10-12-4-6-13(7-5-12)28-18(21)22/h4-7,11,14,18H,8-10H2,1-3H3,(H,23,24,27). The minimum atomic E-state index is -2.89. The molecule has 1 fully saturated rings. The Kier molecular flexibility index (Phi) is 6.16. The normalized spacial score (nSPS) is 17.1. The number of benzene rings is 1. The number of carbonyl (C=O) groups is 2. The number of anilines is 1. The van der Waals surface area contributed by atoms with E-state index in [9.17, 15) is 18.4 Å². The van der Waals surface area contributed by atoms with Crippen LogP contribution in [0, 0.1) is 0 Å². The van der Waals surface area contributed by atoms with Crippen LogP contribution >= 0.6 is 11.3 Å². The molecule has 2 amide bonds. The van der Waals surface area contributed by atoms with Gasteiger partial charge in [-0.1, -0.05) is 32.9 Å². The fourth-order valence-electron chi connectivity index (χ4n) is 3.04. The zero-order chi connectivity index (χ0) is 21.2. The highest BCUT2D eigenvalue weighted by atomic mass is 32.1. The smallest absolute Gasteiger partial charge is 0.387 e. The van der Waals surface area contributed by atoms with Crippen molar-refractivity contribution in [1.82, 2.24) is 9.88 Å². The van der Waals surface area contributed by atoms with Crippen LogP contribution in [-0.4, -0.2) is 34.4 Å². The summed E-state index contributed by atoms with van der Waals surface area (Å²) in [6, 6.07) is 5.45. The van der Waals surface area contributed by atoms with Crippen molar-refractivity contribution < 1.29 is 23.1 Å². The van der Waals surface area contributed by atoms with Crippen molar-refractivity contribution in [3.8, 4) is 5.75 Å². The summed E-state index contributed by atoms with van der Waals surface area (Å²) < 4.78 is 28.9. The molecule has 6 nitrogen and oxygen atoms in total. The Morgan fingerprint density at radius 3 is 2.62 bits per heavy atom.